The molecule has 0 saturated heterocycles. The fourth-order valence-electron chi connectivity index (χ4n) is 2.74. The van der Waals surface area contributed by atoms with Crippen LogP contribution in [0, 0.1) is 5.41 Å². The maximum atomic E-state index is 12.1. The van der Waals surface area contributed by atoms with Crippen LogP contribution in [0.1, 0.15) is 44.7 Å². The molecule has 162 valence electrons. The molecule has 2 aromatic rings. The molecule has 0 aliphatic heterocycles. The van der Waals surface area contributed by atoms with Gasteiger partial charge in [-0.1, -0.05) is 62.2 Å². The SMILES string of the molecule is CC(C)(C)CCC(=O)NC(Cc1ccc(OCc2c(Cl)cccc2Cl)cc1)C(=O)O. The van der Waals surface area contributed by atoms with Gasteiger partial charge >= 0.3 is 5.97 Å². The lowest BCUT2D eigenvalue weighted by Gasteiger charge is -2.19. The molecule has 1 atom stereocenters. The minimum Gasteiger partial charge on any atom is -0.489 e. The molecule has 0 spiro atoms. The second-order valence-corrected chi connectivity index (χ2v) is 9.17. The Bertz CT molecular complexity index is 856. The molecule has 7 heteroatoms. The first-order chi connectivity index (χ1) is 14.0. The van der Waals surface area contributed by atoms with E-state index in [1.165, 1.54) is 0 Å². The highest BCUT2D eigenvalue weighted by Crippen LogP contribution is 2.26. The Kier molecular flexibility index (Phi) is 8.56. The van der Waals surface area contributed by atoms with Gasteiger partial charge in [-0.3, -0.25) is 4.79 Å². The van der Waals surface area contributed by atoms with E-state index in [1.807, 2.05) is 20.8 Å². The van der Waals surface area contributed by atoms with Crippen LogP contribution in [0.25, 0.3) is 0 Å². The van der Waals surface area contributed by atoms with E-state index >= 15 is 0 Å². The maximum Gasteiger partial charge on any atom is 0.326 e. The monoisotopic (exact) mass is 451 g/mol. The largest absolute Gasteiger partial charge is 0.489 e. The Morgan fingerprint density at radius 2 is 1.67 bits per heavy atom. The molecule has 5 nitrogen and oxygen atoms in total. The van der Waals surface area contributed by atoms with Crippen LogP contribution in [0.15, 0.2) is 42.5 Å². The zero-order chi connectivity index (χ0) is 22.3. The molecule has 0 saturated carbocycles. The summed E-state index contributed by atoms with van der Waals surface area (Å²) in [7, 11) is 0. The quantitative estimate of drug-likeness (QED) is 0.526. The highest BCUT2D eigenvalue weighted by Gasteiger charge is 2.21. The van der Waals surface area contributed by atoms with Crippen molar-refractivity contribution >= 4 is 35.1 Å². The zero-order valence-corrected chi connectivity index (χ0v) is 18.9. The summed E-state index contributed by atoms with van der Waals surface area (Å²) in [6, 6.07) is 11.3. The topological polar surface area (TPSA) is 75.6 Å². The maximum absolute atomic E-state index is 12.1. The van der Waals surface area contributed by atoms with Crippen molar-refractivity contribution in [2.75, 3.05) is 0 Å². The van der Waals surface area contributed by atoms with Crippen LogP contribution in [0.2, 0.25) is 10.0 Å². The van der Waals surface area contributed by atoms with Gasteiger partial charge in [-0.15, -0.1) is 0 Å². The third kappa shape index (κ3) is 7.88. The van der Waals surface area contributed by atoms with Gasteiger partial charge in [-0.05, 0) is 41.7 Å². The average Bonchev–Trinajstić information content (AvgIpc) is 2.66. The van der Waals surface area contributed by atoms with Crippen molar-refractivity contribution in [1.82, 2.24) is 5.32 Å². The third-order valence-corrected chi connectivity index (χ3v) is 5.25. The number of amides is 1. The summed E-state index contributed by atoms with van der Waals surface area (Å²) in [4.78, 5) is 23.7. The van der Waals surface area contributed by atoms with Gasteiger partial charge in [0.05, 0.1) is 0 Å². The van der Waals surface area contributed by atoms with Crippen molar-refractivity contribution in [3.63, 3.8) is 0 Å². The molecule has 0 radical (unpaired) electrons. The number of rotatable bonds is 9. The predicted molar refractivity (Wildman–Crippen MR) is 119 cm³/mol. The molecule has 2 N–H and O–H groups in total. The second-order valence-electron chi connectivity index (χ2n) is 8.36. The molecule has 0 heterocycles. The minimum absolute atomic E-state index is 0.0140. The number of hydrogen-bond acceptors (Lipinski definition) is 3. The first kappa shape index (κ1) is 24.0. The van der Waals surface area contributed by atoms with Gasteiger partial charge in [-0.25, -0.2) is 4.79 Å². The van der Waals surface area contributed by atoms with E-state index in [0.717, 1.165) is 5.56 Å². The molecule has 1 amide bonds. The van der Waals surface area contributed by atoms with Gasteiger partial charge in [0.25, 0.3) is 0 Å². The molecular formula is C23H27Cl2NO4. The molecular weight excluding hydrogens is 425 g/mol. The number of carboxylic acids is 1. The van der Waals surface area contributed by atoms with Crippen molar-refractivity contribution in [3.8, 4) is 5.75 Å². The Morgan fingerprint density at radius 1 is 1.07 bits per heavy atom. The Hall–Kier alpha value is -2.24. The van der Waals surface area contributed by atoms with Gasteiger partial charge < -0.3 is 15.2 Å². The first-order valence-corrected chi connectivity index (χ1v) is 10.5. The molecule has 0 aliphatic rings. The highest BCUT2D eigenvalue weighted by atomic mass is 35.5. The average molecular weight is 452 g/mol. The number of carbonyl (C=O) groups excluding carboxylic acids is 1. The number of nitrogens with one attached hydrogen (secondary N) is 1. The zero-order valence-electron chi connectivity index (χ0n) is 17.4. The van der Waals surface area contributed by atoms with Crippen LogP contribution < -0.4 is 10.1 Å². The van der Waals surface area contributed by atoms with Gasteiger partial charge in [0.1, 0.15) is 18.4 Å². The van der Waals surface area contributed by atoms with E-state index in [2.05, 4.69) is 5.32 Å². The number of hydrogen-bond donors (Lipinski definition) is 2. The lowest BCUT2D eigenvalue weighted by atomic mass is 9.90. The fourth-order valence-corrected chi connectivity index (χ4v) is 3.24. The summed E-state index contributed by atoms with van der Waals surface area (Å²) < 4.78 is 5.73. The van der Waals surface area contributed by atoms with Crippen LogP contribution in [-0.2, 0) is 22.6 Å². The molecule has 2 rings (SSSR count). The van der Waals surface area contributed by atoms with E-state index in [4.69, 9.17) is 27.9 Å². The standard InChI is InChI=1S/C23H27Cl2NO4/c1-23(2,3)12-11-21(27)26-20(22(28)29)13-15-7-9-16(10-8-15)30-14-17-18(24)5-4-6-19(17)25/h4-10,20H,11-14H2,1-3H3,(H,26,27)(H,28,29). The predicted octanol–water partition coefficient (Wildman–Crippen LogP) is 5.51. The smallest absolute Gasteiger partial charge is 0.326 e. The number of carbonyl (C=O) groups is 2. The Balaban J connectivity index is 1.94. The minimum atomic E-state index is -1.06. The third-order valence-electron chi connectivity index (χ3n) is 4.54. The number of ether oxygens (including phenoxy) is 1. The summed E-state index contributed by atoms with van der Waals surface area (Å²) >= 11 is 12.3. The lowest BCUT2D eigenvalue weighted by molar-refractivity contribution is -0.141. The van der Waals surface area contributed by atoms with Crippen molar-refractivity contribution in [2.45, 2.75) is 52.7 Å². The van der Waals surface area contributed by atoms with Crippen molar-refractivity contribution in [3.05, 3.63) is 63.6 Å². The normalized spacial score (nSPS) is 12.3. The number of aliphatic carboxylic acids is 1. The molecule has 0 bridgehead atoms. The summed E-state index contributed by atoms with van der Waals surface area (Å²) in [6.45, 7) is 6.34. The van der Waals surface area contributed by atoms with E-state index in [9.17, 15) is 14.7 Å². The van der Waals surface area contributed by atoms with Gasteiger partial charge in [0.15, 0.2) is 0 Å². The van der Waals surface area contributed by atoms with Gasteiger partial charge in [0.2, 0.25) is 5.91 Å². The van der Waals surface area contributed by atoms with Crippen molar-refractivity contribution < 1.29 is 19.4 Å². The number of benzene rings is 2. The van der Waals surface area contributed by atoms with Crippen LogP contribution in [0.3, 0.4) is 0 Å². The van der Waals surface area contributed by atoms with E-state index in [1.54, 1.807) is 42.5 Å². The van der Waals surface area contributed by atoms with Crippen LogP contribution in [0.5, 0.6) is 5.75 Å². The summed E-state index contributed by atoms with van der Waals surface area (Å²) in [5.74, 6) is -0.711. The van der Waals surface area contributed by atoms with Crippen LogP contribution in [0.4, 0.5) is 0 Å². The molecule has 0 fully saturated rings. The Labute approximate surface area is 187 Å². The first-order valence-electron chi connectivity index (χ1n) is 9.72. The fraction of sp³-hybridized carbons (Fsp3) is 0.391. The summed E-state index contributed by atoms with van der Waals surface area (Å²) in [5.41, 5.74) is 1.50. The van der Waals surface area contributed by atoms with E-state index in [0.29, 0.717) is 34.2 Å². The summed E-state index contributed by atoms with van der Waals surface area (Å²) in [6.07, 6.45) is 1.17. The summed E-state index contributed by atoms with van der Waals surface area (Å²) in [5, 5.41) is 13.1. The van der Waals surface area contributed by atoms with Crippen molar-refractivity contribution in [2.24, 2.45) is 5.41 Å². The molecule has 1 unspecified atom stereocenters. The molecule has 2 aromatic carbocycles. The molecule has 0 aromatic heterocycles. The Morgan fingerprint density at radius 3 is 2.20 bits per heavy atom. The van der Waals surface area contributed by atoms with E-state index in [-0.39, 0.29) is 24.3 Å². The lowest BCUT2D eigenvalue weighted by Crippen LogP contribution is -2.42. The van der Waals surface area contributed by atoms with Crippen LogP contribution >= 0.6 is 23.2 Å². The van der Waals surface area contributed by atoms with Gasteiger partial charge in [-0.2, -0.15) is 0 Å². The molecule has 30 heavy (non-hydrogen) atoms. The highest BCUT2D eigenvalue weighted by molar-refractivity contribution is 6.35. The van der Waals surface area contributed by atoms with E-state index < -0.39 is 12.0 Å². The molecule has 0 aliphatic carbocycles. The number of carboxylic acid groups (broad SMARTS) is 1. The van der Waals surface area contributed by atoms with Crippen LogP contribution in [-0.4, -0.2) is 23.0 Å². The second kappa shape index (κ2) is 10.7. The number of halogens is 2. The van der Waals surface area contributed by atoms with Gasteiger partial charge in [0, 0.05) is 28.5 Å². The van der Waals surface area contributed by atoms with Crippen molar-refractivity contribution in [1.29, 1.82) is 0 Å².